The molecule has 1 saturated carbocycles. The third-order valence-corrected chi connectivity index (χ3v) is 2.28. The Morgan fingerprint density at radius 2 is 2.00 bits per heavy atom. The lowest BCUT2D eigenvalue weighted by Gasteiger charge is -2.23. The van der Waals surface area contributed by atoms with Crippen LogP contribution in [-0.2, 0) is 9.53 Å². The van der Waals surface area contributed by atoms with Crippen LogP contribution in [-0.4, -0.2) is 17.6 Å². The van der Waals surface area contributed by atoms with E-state index >= 15 is 0 Å². The molecule has 0 aliphatic heterocycles. The third kappa shape index (κ3) is 2.99. The lowest BCUT2D eigenvalue weighted by molar-refractivity contribution is -0.160. The fourth-order valence-electron chi connectivity index (χ4n) is 1.66. The molecule has 0 saturated heterocycles. The summed E-state index contributed by atoms with van der Waals surface area (Å²) in [5.74, 6) is -0.197. The molecule has 3 nitrogen and oxygen atoms in total. The summed E-state index contributed by atoms with van der Waals surface area (Å²) in [6.07, 6.45) is 2.88. The first-order chi connectivity index (χ1) is 5.90. The van der Waals surface area contributed by atoms with Crippen molar-refractivity contribution in [3.63, 3.8) is 0 Å². The Morgan fingerprint density at radius 3 is 2.38 bits per heavy atom. The molecule has 0 heterocycles. The Hall–Kier alpha value is -0.570. The number of esters is 1. The molecule has 13 heavy (non-hydrogen) atoms. The van der Waals surface area contributed by atoms with Crippen LogP contribution in [0.15, 0.2) is 0 Å². The zero-order valence-electron chi connectivity index (χ0n) is 8.67. The summed E-state index contributed by atoms with van der Waals surface area (Å²) in [7, 11) is 0. The first kappa shape index (κ1) is 10.5. The zero-order chi connectivity index (χ0) is 10.1. The molecule has 0 aromatic carbocycles. The number of ether oxygens (including phenoxy) is 1. The van der Waals surface area contributed by atoms with Crippen molar-refractivity contribution >= 4 is 5.97 Å². The third-order valence-electron chi connectivity index (χ3n) is 2.28. The lowest BCUT2D eigenvalue weighted by Crippen LogP contribution is -2.35. The van der Waals surface area contributed by atoms with Crippen molar-refractivity contribution in [1.29, 1.82) is 0 Å². The van der Waals surface area contributed by atoms with Crippen LogP contribution in [0.3, 0.4) is 0 Å². The quantitative estimate of drug-likeness (QED) is 0.629. The predicted octanol–water partition coefficient (Wildman–Crippen LogP) is 1.46. The van der Waals surface area contributed by atoms with Gasteiger partial charge in [-0.05, 0) is 33.6 Å². The van der Waals surface area contributed by atoms with Gasteiger partial charge in [-0.3, -0.25) is 4.79 Å². The van der Waals surface area contributed by atoms with Crippen LogP contribution in [0.25, 0.3) is 0 Å². The Balaban J connectivity index is 2.48. The molecule has 1 aliphatic carbocycles. The molecule has 1 rings (SSSR count). The summed E-state index contributed by atoms with van der Waals surface area (Å²) < 4.78 is 5.27. The smallest absolute Gasteiger partial charge is 0.311 e. The highest BCUT2D eigenvalue weighted by Crippen LogP contribution is 2.26. The number of hydrogen-bond acceptors (Lipinski definition) is 3. The summed E-state index contributed by atoms with van der Waals surface area (Å²) in [4.78, 5) is 11.6. The average Bonchev–Trinajstić information content (AvgIpc) is 2.30. The van der Waals surface area contributed by atoms with Gasteiger partial charge in [-0.15, -0.1) is 0 Å². The number of carbonyl (C=O) groups is 1. The van der Waals surface area contributed by atoms with E-state index in [0.29, 0.717) is 0 Å². The SMILES string of the molecule is CC(C)(C)OC(=O)[C@H]1CCC[C@@H]1N. The van der Waals surface area contributed by atoms with Crippen LogP contribution in [0.1, 0.15) is 40.0 Å². The molecule has 0 amide bonds. The fourth-order valence-corrected chi connectivity index (χ4v) is 1.66. The molecule has 0 unspecified atom stereocenters. The molecule has 0 radical (unpaired) electrons. The van der Waals surface area contributed by atoms with Crippen molar-refractivity contribution in [3.8, 4) is 0 Å². The summed E-state index contributed by atoms with van der Waals surface area (Å²) in [6, 6.07) is 0.00912. The molecule has 1 aliphatic rings. The van der Waals surface area contributed by atoms with E-state index in [-0.39, 0.29) is 23.5 Å². The van der Waals surface area contributed by atoms with Crippen molar-refractivity contribution in [2.24, 2.45) is 11.7 Å². The molecule has 0 aromatic rings. The van der Waals surface area contributed by atoms with Crippen LogP contribution in [0.5, 0.6) is 0 Å². The number of hydrogen-bond donors (Lipinski definition) is 1. The standard InChI is InChI=1S/C10H19NO2/c1-10(2,3)13-9(12)7-5-4-6-8(7)11/h7-8H,4-6,11H2,1-3H3/t7-,8-/m0/s1. The molecule has 0 spiro atoms. The lowest BCUT2D eigenvalue weighted by atomic mass is 10.0. The fraction of sp³-hybridized carbons (Fsp3) is 0.900. The van der Waals surface area contributed by atoms with E-state index in [1.54, 1.807) is 0 Å². The van der Waals surface area contributed by atoms with Crippen LogP contribution in [0.2, 0.25) is 0 Å². The van der Waals surface area contributed by atoms with Gasteiger partial charge < -0.3 is 10.5 Å². The van der Waals surface area contributed by atoms with Gasteiger partial charge in [0.1, 0.15) is 5.60 Å². The van der Waals surface area contributed by atoms with E-state index < -0.39 is 0 Å². The Kier molecular flexibility index (Phi) is 2.96. The van der Waals surface area contributed by atoms with E-state index in [4.69, 9.17) is 10.5 Å². The van der Waals surface area contributed by atoms with E-state index in [0.717, 1.165) is 19.3 Å². The highest BCUT2D eigenvalue weighted by Gasteiger charge is 2.33. The number of carbonyl (C=O) groups excluding carboxylic acids is 1. The monoisotopic (exact) mass is 185 g/mol. The van der Waals surface area contributed by atoms with E-state index in [9.17, 15) is 4.79 Å². The van der Waals surface area contributed by atoms with E-state index in [2.05, 4.69) is 0 Å². The Bertz CT molecular complexity index is 196. The van der Waals surface area contributed by atoms with Crippen molar-refractivity contribution in [1.82, 2.24) is 0 Å². The first-order valence-electron chi connectivity index (χ1n) is 4.88. The summed E-state index contributed by atoms with van der Waals surface area (Å²) >= 11 is 0. The maximum Gasteiger partial charge on any atom is 0.311 e. The highest BCUT2D eigenvalue weighted by molar-refractivity contribution is 5.74. The van der Waals surface area contributed by atoms with Gasteiger partial charge in [0.05, 0.1) is 5.92 Å². The van der Waals surface area contributed by atoms with Crippen molar-refractivity contribution in [2.45, 2.75) is 51.7 Å². The molecule has 76 valence electrons. The second kappa shape index (κ2) is 3.66. The topological polar surface area (TPSA) is 52.3 Å². The average molecular weight is 185 g/mol. The van der Waals surface area contributed by atoms with Crippen LogP contribution < -0.4 is 5.73 Å². The van der Waals surface area contributed by atoms with Crippen molar-refractivity contribution in [2.75, 3.05) is 0 Å². The van der Waals surface area contributed by atoms with Gasteiger partial charge in [0.2, 0.25) is 0 Å². The maximum absolute atomic E-state index is 11.6. The number of rotatable bonds is 1. The normalized spacial score (nSPS) is 28.9. The van der Waals surface area contributed by atoms with Gasteiger partial charge in [0.15, 0.2) is 0 Å². The molecule has 0 aromatic heterocycles. The van der Waals surface area contributed by atoms with Gasteiger partial charge in [0, 0.05) is 6.04 Å². The second-order valence-electron chi connectivity index (χ2n) is 4.73. The summed E-state index contributed by atoms with van der Waals surface area (Å²) in [6.45, 7) is 5.64. The zero-order valence-corrected chi connectivity index (χ0v) is 8.67. The number of nitrogens with two attached hydrogens (primary N) is 1. The molecule has 0 bridgehead atoms. The second-order valence-corrected chi connectivity index (χ2v) is 4.73. The molecule has 1 fully saturated rings. The molecular formula is C10H19NO2. The highest BCUT2D eigenvalue weighted by atomic mass is 16.6. The van der Waals surface area contributed by atoms with Crippen molar-refractivity contribution in [3.05, 3.63) is 0 Å². The van der Waals surface area contributed by atoms with Gasteiger partial charge in [-0.25, -0.2) is 0 Å². The van der Waals surface area contributed by atoms with Crippen LogP contribution in [0.4, 0.5) is 0 Å². The largest absolute Gasteiger partial charge is 0.460 e. The van der Waals surface area contributed by atoms with Gasteiger partial charge in [0.25, 0.3) is 0 Å². The molecule has 3 heteroatoms. The van der Waals surface area contributed by atoms with Crippen LogP contribution >= 0.6 is 0 Å². The summed E-state index contributed by atoms with van der Waals surface area (Å²) in [5, 5.41) is 0. The first-order valence-corrected chi connectivity index (χ1v) is 4.88. The van der Waals surface area contributed by atoms with Crippen molar-refractivity contribution < 1.29 is 9.53 Å². The molecular weight excluding hydrogens is 166 g/mol. The Morgan fingerprint density at radius 1 is 1.38 bits per heavy atom. The predicted molar refractivity (Wildman–Crippen MR) is 51.2 cm³/mol. The molecule has 2 N–H and O–H groups in total. The minimum atomic E-state index is -0.389. The van der Waals surface area contributed by atoms with Gasteiger partial charge >= 0.3 is 5.97 Å². The van der Waals surface area contributed by atoms with E-state index in [1.165, 1.54) is 0 Å². The Labute approximate surface area is 79.6 Å². The minimum absolute atomic E-state index is 0.00912. The van der Waals surface area contributed by atoms with Gasteiger partial charge in [-0.1, -0.05) is 6.42 Å². The van der Waals surface area contributed by atoms with E-state index in [1.807, 2.05) is 20.8 Å². The minimum Gasteiger partial charge on any atom is -0.460 e. The summed E-state index contributed by atoms with van der Waals surface area (Å²) in [5.41, 5.74) is 5.41. The van der Waals surface area contributed by atoms with Crippen LogP contribution in [0, 0.1) is 5.92 Å². The van der Waals surface area contributed by atoms with Gasteiger partial charge in [-0.2, -0.15) is 0 Å². The maximum atomic E-state index is 11.6. The molecule has 2 atom stereocenters.